The zero-order chi connectivity index (χ0) is 12.1. The number of piperidine rings is 1. The van der Waals surface area contributed by atoms with Crippen LogP contribution in [-0.4, -0.2) is 29.2 Å². The molecule has 1 aromatic rings. The Bertz CT molecular complexity index is 409. The van der Waals surface area contributed by atoms with Crippen LogP contribution in [0.5, 0.6) is 0 Å². The Morgan fingerprint density at radius 2 is 2.29 bits per heavy atom. The normalized spacial score (nSPS) is 17.0. The average molecular weight is 236 g/mol. The maximum Gasteiger partial charge on any atom is 0.293 e. The number of rotatable bonds is 4. The van der Waals surface area contributed by atoms with Gasteiger partial charge >= 0.3 is 0 Å². The van der Waals surface area contributed by atoms with E-state index in [1.165, 1.54) is 12.8 Å². The fourth-order valence-corrected chi connectivity index (χ4v) is 2.14. The highest BCUT2D eigenvalue weighted by molar-refractivity contribution is 5.30. The number of nitrogens with one attached hydrogen (secondary N) is 2. The minimum atomic E-state index is -0.0241. The van der Waals surface area contributed by atoms with E-state index in [2.05, 4.69) is 15.6 Å². The molecule has 2 rings (SSSR count). The summed E-state index contributed by atoms with van der Waals surface area (Å²) in [6.07, 6.45) is 5.73. The molecular formula is C12H20N4O. The highest BCUT2D eigenvalue weighted by Gasteiger charge is 2.13. The van der Waals surface area contributed by atoms with Crippen LogP contribution in [0.1, 0.15) is 19.8 Å². The molecule has 94 valence electrons. The molecule has 0 aliphatic carbocycles. The van der Waals surface area contributed by atoms with Crippen molar-refractivity contribution < 1.29 is 0 Å². The Morgan fingerprint density at radius 3 is 3.00 bits per heavy atom. The third-order valence-corrected chi connectivity index (χ3v) is 3.27. The Morgan fingerprint density at radius 1 is 1.53 bits per heavy atom. The molecule has 17 heavy (non-hydrogen) atoms. The molecular weight excluding hydrogens is 216 g/mol. The second-order valence-electron chi connectivity index (χ2n) is 4.44. The van der Waals surface area contributed by atoms with Gasteiger partial charge in [-0.05, 0) is 38.8 Å². The molecule has 5 heteroatoms. The molecule has 0 radical (unpaired) electrons. The molecule has 0 bridgehead atoms. The zero-order valence-electron chi connectivity index (χ0n) is 10.3. The van der Waals surface area contributed by atoms with Crippen molar-refractivity contribution in [2.75, 3.05) is 25.0 Å². The van der Waals surface area contributed by atoms with Crippen LogP contribution < -0.4 is 16.2 Å². The van der Waals surface area contributed by atoms with Gasteiger partial charge in [0.05, 0.1) is 0 Å². The summed E-state index contributed by atoms with van der Waals surface area (Å²) in [7, 11) is 0. The minimum absolute atomic E-state index is 0.0241. The molecule has 1 fully saturated rings. The molecule has 1 saturated heterocycles. The van der Waals surface area contributed by atoms with E-state index in [1.807, 2.05) is 6.92 Å². The zero-order valence-corrected chi connectivity index (χ0v) is 10.3. The summed E-state index contributed by atoms with van der Waals surface area (Å²) >= 11 is 0. The molecule has 2 heterocycles. The van der Waals surface area contributed by atoms with E-state index in [4.69, 9.17) is 0 Å². The quantitative estimate of drug-likeness (QED) is 0.807. The molecule has 5 nitrogen and oxygen atoms in total. The van der Waals surface area contributed by atoms with Crippen LogP contribution in [0.2, 0.25) is 0 Å². The first-order valence-electron chi connectivity index (χ1n) is 6.31. The van der Waals surface area contributed by atoms with Gasteiger partial charge in [0.1, 0.15) is 0 Å². The SMILES string of the molecule is CCn1ccnc(NCC2CCNCC2)c1=O. The topological polar surface area (TPSA) is 59.0 Å². The molecule has 1 aliphatic rings. The van der Waals surface area contributed by atoms with Gasteiger partial charge in [-0.15, -0.1) is 0 Å². The van der Waals surface area contributed by atoms with Gasteiger partial charge in [-0.3, -0.25) is 4.79 Å². The molecule has 1 aromatic heterocycles. The number of nitrogens with zero attached hydrogens (tertiary/aromatic N) is 2. The monoisotopic (exact) mass is 236 g/mol. The first kappa shape index (κ1) is 12.1. The summed E-state index contributed by atoms with van der Waals surface area (Å²) in [6, 6.07) is 0. The highest BCUT2D eigenvalue weighted by Crippen LogP contribution is 2.11. The summed E-state index contributed by atoms with van der Waals surface area (Å²) in [4.78, 5) is 16.0. The van der Waals surface area contributed by atoms with Crippen LogP contribution >= 0.6 is 0 Å². The third-order valence-electron chi connectivity index (χ3n) is 3.27. The van der Waals surface area contributed by atoms with E-state index in [0.717, 1.165) is 19.6 Å². The molecule has 0 atom stereocenters. The lowest BCUT2D eigenvalue weighted by atomic mass is 9.98. The molecule has 0 amide bonds. The van der Waals surface area contributed by atoms with E-state index >= 15 is 0 Å². The van der Waals surface area contributed by atoms with Gasteiger partial charge in [0.2, 0.25) is 0 Å². The fraction of sp³-hybridized carbons (Fsp3) is 0.667. The maximum absolute atomic E-state index is 11.9. The average Bonchev–Trinajstić information content (AvgIpc) is 2.39. The molecule has 0 saturated carbocycles. The largest absolute Gasteiger partial charge is 0.365 e. The van der Waals surface area contributed by atoms with Gasteiger partial charge < -0.3 is 15.2 Å². The van der Waals surface area contributed by atoms with Crippen molar-refractivity contribution in [3.8, 4) is 0 Å². The van der Waals surface area contributed by atoms with E-state index in [-0.39, 0.29) is 5.56 Å². The maximum atomic E-state index is 11.9. The van der Waals surface area contributed by atoms with Crippen LogP contribution in [-0.2, 0) is 6.54 Å². The number of anilines is 1. The lowest BCUT2D eigenvalue weighted by molar-refractivity contribution is 0.389. The second kappa shape index (κ2) is 5.82. The van der Waals surface area contributed by atoms with Crippen LogP contribution in [0.4, 0.5) is 5.82 Å². The summed E-state index contributed by atoms with van der Waals surface area (Å²) in [5, 5.41) is 6.52. The van der Waals surface area contributed by atoms with Crippen molar-refractivity contribution in [2.24, 2.45) is 5.92 Å². The van der Waals surface area contributed by atoms with Gasteiger partial charge in [0, 0.05) is 25.5 Å². The Balaban J connectivity index is 1.96. The van der Waals surface area contributed by atoms with E-state index in [1.54, 1.807) is 17.0 Å². The second-order valence-corrected chi connectivity index (χ2v) is 4.44. The number of aromatic nitrogens is 2. The lowest BCUT2D eigenvalue weighted by Gasteiger charge is -2.22. The third kappa shape index (κ3) is 3.06. The van der Waals surface area contributed by atoms with Gasteiger partial charge in [0.25, 0.3) is 5.56 Å². The standard InChI is InChI=1S/C12H20N4O/c1-2-16-8-7-14-11(12(16)17)15-9-10-3-5-13-6-4-10/h7-8,10,13H,2-6,9H2,1H3,(H,14,15). The summed E-state index contributed by atoms with van der Waals surface area (Å²) in [6.45, 7) is 5.64. The van der Waals surface area contributed by atoms with Crippen molar-refractivity contribution in [1.82, 2.24) is 14.9 Å². The fourth-order valence-electron chi connectivity index (χ4n) is 2.14. The summed E-state index contributed by atoms with van der Waals surface area (Å²) < 4.78 is 1.66. The first-order valence-corrected chi connectivity index (χ1v) is 6.31. The van der Waals surface area contributed by atoms with Crippen LogP contribution in [0.3, 0.4) is 0 Å². The summed E-state index contributed by atoms with van der Waals surface area (Å²) in [5.41, 5.74) is -0.0241. The number of aryl methyl sites for hydroxylation is 1. The number of hydrogen-bond acceptors (Lipinski definition) is 4. The van der Waals surface area contributed by atoms with Gasteiger partial charge in [0.15, 0.2) is 5.82 Å². The molecule has 0 spiro atoms. The van der Waals surface area contributed by atoms with Crippen LogP contribution in [0, 0.1) is 5.92 Å². The first-order chi connectivity index (χ1) is 8.31. The highest BCUT2D eigenvalue weighted by atomic mass is 16.1. The molecule has 1 aliphatic heterocycles. The Hall–Kier alpha value is -1.36. The molecule has 0 unspecified atom stereocenters. The smallest absolute Gasteiger partial charge is 0.293 e. The Kier molecular flexibility index (Phi) is 4.14. The molecule has 0 aromatic carbocycles. The van der Waals surface area contributed by atoms with Crippen molar-refractivity contribution in [3.05, 3.63) is 22.7 Å². The predicted molar refractivity (Wildman–Crippen MR) is 68.3 cm³/mol. The van der Waals surface area contributed by atoms with Crippen molar-refractivity contribution in [3.63, 3.8) is 0 Å². The van der Waals surface area contributed by atoms with Crippen LogP contribution in [0.25, 0.3) is 0 Å². The van der Waals surface area contributed by atoms with Gasteiger partial charge in [-0.1, -0.05) is 0 Å². The van der Waals surface area contributed by atoms with Crippen LogP contribution in [0.15, 0.2) is 17.2 Å². The van der Waals surface area contributed by atoms with Crippen molar-refractivity contribution in [1.29, 1.82) is 0 Å². The predicted octanol–water partition coefficient (Wildman–Crippen LogP) is 0.675. The summed E-state index contributed by atoms with van der Waals surface area (Å²) in [5.74, 6) is 1.13. The minimum Gasteiger partial charge on any atom is -0.365 e. The number of hydrogen-bond donors (Lipinski definition) is 2. The van der Waals surface area contributed by atoms with E-state index < -0.39 is 0 Å². The van der Waals surface area contributed by atoms with Gasteiger partial charge in [-0.2, -0.15) is 0 Å². The van der Waals surface area contributed by atoms with E-state index in [0.29, 0.717) is 18.3 Å². The van der Waals surface area contributed by atoms with Crippen molar-refractivity contribution >= 4 is 5.82 Å². The van der Waals surface area contributed by atoms with E-state index in [9.17, 15) is 4.79 Å². The Labute approximate surface area is 101 Å². The van der Waals surface area contributed by atoms with Crippen molar-refractivity contribution in [2.45, 2.75) is 26.3 Å². The lowest BCUT2D eigenvalue weighted by Crippen LogP contribution is -2.32. The molecule has 2 N–H and O–H groups in total. The van der Waals surface area contributed by atoms with Gasteiger partial charge in [-0.25, -0.2) is 4.98 Å².